The molecule has 0 radical (unpaired) electrons. The first kappa shape index (κ1) is 12.2. The quantitative estimate of drug-likeness (QED) is 0.530. The fourth-order valence-electron chi connectivity index (χ4n) is 1.06. The van der Waals surface area contributed by atoms with Crippen molar-refractivity contribution in [2.45, 2.75) is 27.7 Å². The summed E-state index contributed by atoms with van der Waals surface area (Å²) in [6, 6.07) is 3.74. The van der Waals surface area contributed by atoms with Crippen LogP contribution in [-0.2, 0) is 0 Å². The largest absolute Gasteiger partial charge is 0.250 e. The molecule has 2 nitrogen and oxygen atoms in total. The van der Waals surface area contributed by atoms with Gasteiger partial charge in [-0.2, -0.15) is 0 Å². The second-order valence-electron chi connectivity index (χ2n) is 2.62. The predicted molar refractivity (Wildman–Crippen MR) is 59.8 cm³/mol. The number of hydrogen-bond acceptors (Lipinski definition) is 0. The number of rotatable bonds is 0. The molecule has 0 aliphatic carbocycles. The minimum absolute atomic E-state index is 0.491. The molecule has 0 heterocycles. The van der Waals surface area contributed by atoms with E-state index < -0.39 is 0 Å². The molecule has 0 bridgehead atoms. The summed E-state index contributed by atoms with van der Waals surface area (Å²) in [5.74, 6) is 0. The Morgan fingerprint density at radius 2 is 1.14 bits per heavy atom. The average molecular weight is 186 g/mol. The first-order chi connectivity index (χ1) is 6.70. The molecule has 0 atom stereocenters. The van der Waals surface area contributed by atoms with Crippen molar-refractivity contribution in [1.82, 2.24) is 0 Å². The third-order valence-corrected chi connectivity index (χ3v) is 1.78. The Morgan fingerprint density at radius 1 is 0.857 bits per heavy atom. The molecular weight excluding hydrogens is 172 g/mol. The zero-order valence-corrected chi connectivity index (χ0v) is 9.05. The van der Waals surface area contributed by atoms with E-state index >= 15 is 0 Å². The lowest BCUT2D eigenvalue weighted by Gasteiger charge is -2.01. The summed E-state index contributed by atoms with van der Waals surface area (Å²) in [6.07, 6.45) is 0. The van der Waals surface area contributed by atoms with Crippen LogP contribution in [0.25, 0.3) is 9.69 Å². The summed E-state index contributed by atoms with van der Waals surface area (Å²) < 4.78 is 0. The Bertz CT molecular complexity index is 353. The van der Waals surface area contributed by atoms with Crippen molar-refractivity contribution in [3.63, 3.8) is 0 Å². The molecule has 0 unspecified atom stereocenters. The van der Waals surface area contributed by atoms with Crippen molar-refractivity contribution >= 4 is 11.4 Å². The van der Waals surface area contributed by atoms with Crippen LogP contribution in [0.4, 0.5) is 11.4 Å². The number of nitrogens with zero attached hydrogens (tertiary/aromatic N) is 2. The third kappa shape index (κ3) is 2.34. The third-order valence-electron chi connectivity index (χ3n) is 1.78. The topological polar surface area (TPSA) is 8.72 Å². The van der Waals surface area contributed by atoms with Crippen LogP contribution >= 0.6 is 0 Å². The molecule has 72 valence electrons. The van der Waals surface area contributed by atoms with E-state index in [1.165, 1.54) is 0 Å². The lowest BCUT2D eigenvalue weighted by molar-refractivity contribution is 1.42. The van der Waals surface area contributed by atoms with Crippen LogP contribution in [0.5, 0.6) is 0 Å². The summed E-state index contributed by atoms with van der Waals surface area (Å²) in [4.78, 5) is 6.68. The highest BCUT2D eigenvalue weighted by Crippen LogP contribution is 2.34. The van der Waals surface area contributed by atoms with Crippen LogP contribution in [-0.4, -0.2) is 0 Å². The maximum Gasteiger partial charge on any atom is 0.197 e. The Hall–Kier alpha value is -1.80. The fourth-order valence-corrected chi connectivity index (χ4v) is 1.06. The van der Waals surface area contributed by atoms with Crippen molar-refractivity contribution in [3.8, 4) is 0 Å². The normalized spacial score (nSPS) is 7.86. The minimum atomic E-state index is 0.491. The van der Waals surface area contributed by atoms with Gasteiger partial charge in [0.25, 0.3) is 0 Å². The van der Waals surface area contributed by atoms with Gasteiger partial charge in [0.15, 0.2) is 11.4 Å². The van der Waals surface area contributed by atoms with Crippen LogP contribution < -0.4 is 0 Å². The van der Waals surface area contributed by atoms with Gasteiger partial charge in [0.1, 0.15) is 0 Å². The van der Waals surface area contributed by atoms with Crippen LogP contribution in [0, 0.1) is 27.0 Å². The van der Waals surface area contributed by atoms with Crippen molar-refractivity contribution < 1.29 is 0 Å². The van der Waals surface area contributed by atoms with Gasteiger partial charge in [-0.05, 0) is 0 Å². The molecule has 0 spiro atoms. The standard InChI is InChI=1S/C10H8N2.C2H6/c1-7-5-6-8(2)10(12-4)9(7)11-3;1-2/h5-6H,1-2H3;1-2H3. The monoisotopic (exact) mass is 186 g/mol. The van der Waals surface area contributed by atoms with Crippen LogP contribution in [0.3, 0.4) is 0 Å². The number of hydrogen-bond donors (Lipinski definition) is 0. The molecule has 1 aromatic carbocycles. The van der Waals surface area contributed by atoms with Gasteiger partial charge in [-0.25, -0.2) is 9.69 Å². The first-order valence-corrected chi connectivity index (χ1v) is 4.56. The summed E-state index contributed by atoms with van der Waals surface area (Å²) >= 11 is 0. The number of benzene rings is 1. The highest BCUT2D eigenvalue weighted by Gasteiger charge is 2.07. The Morgan fingerprint density at radius 3 is 1.36 bits per heavy atom. The van der Waals surface area contributed by atoms with Crippen molar-refractivity contribution in [2.75, 3.05) is 0 Å². The number of aryl methyl sites for hydroxylation is 2. The van der Waals surface area contributed by atoms with E-state index in [1.54, 1.807) is 0 Å². The highest BCUT2D eigenvalue weighted by molar-refractivity contribution is 5.76. The van der Waals surface area contributed by atoms with Crippen LogP contribution in [0.2, 0.25) is 0 Å². The molecule has 0 saturated carbocycles. The van der Waals surface area contributed by atoms with Crippen molar-refractivity contribution in [2.24, 2.45) is 0 Å². The maximum absolute atomic E-state index is 6.91. The molecule has 0 fully saturated rings. The molecule has 1 aromatic rings. The van der Waals surface area contributed by atoms with E-state index in [1.807, 2.05) is 39.8 Å². The van der Waals surface area contributed by atoms with Crippen molar-refractivity contribution in [3.05, 3.63) is 46.1 Å². The molecule has 1 rings (SSSR count). The van der Waals surface area contributed by atoms with Crippen molar-refractivity contribution in [1.29, 1.82) is 0 Å². The zero-order chi connectivity index (χ0) is 11.1. The lowest BCUT2D eigenvalue weighted by atomic mass is 10.1. The van der Waals surface area contributed by atoms with E-state index in [9.17, 15) is 0 Å². The second-order valence-corrected chi connectivity index (χ2v) is 2.62. The van der Waals surface area contributed by atoms with Gasteiger partial charge in [-0.3, -0.25) is 0 Å². The van der Waals surface area contributed by atoms with Gasteiger partial charge in [-0.1, -0.05) is 51.0 Å². The summed E-state index contributed by atoms with van der Waals surface area (Å²) in [5.41, 5.74) is 2.73. The molecule has 0 amide bonds. The summed E-state index contributed by atoms with van der Waals surface area (Å²) in [5, 5.41) is 0. The Balaban J connectivity index is 0.000000791. The molecule has 0 N–H and O–H groups in total. The van der Waals surface area contributed by atoms with E-state index in [0.29, 0.717) is 11.4 Å². The zero-order valence-electron chi connectivity index (χ0n) is 9.05. The van der Waals surface area contributed by atoms with Gasteiger partial charge in [0.2, 0.25) is 0 Å². The van der Waals surface area contributed by atoms with Gasteiger partial charge < -0.3 is 0 Å². The highest BCUT2D eigenvalue weighted by atomic mass is 14.8. The molecule has 0 aliphatic heterocycles. The van der Waals surface area contributed by atoms with Crippen LogP contribution in [0.15, 0.2) is 12.1 Å². The first-order valence-electron chi connectivity index (χ1n) is 4.56. The van der Waals surface area contributed by atoms with Gasteiger partial charge in [0.05, 0.1) is 13.1 Å². The SMILES string of the molecule is CC.[C-]#[N+]c1c(C)ccc(C)c1[N+]#[C-]. The Kier molecular flexibility index (Phi) is 5.04. The summed E-state index contributed by atoms with van der Waals surface area (Å²) in [7, 11) is 0. The fraction of sp³-hybridized carbons (Fsp3) is 0.333. The van der Waals surface area contributed by atoms with Gasteiger partial charge >= 0.3 is 0 Å². The molecule has 2 heteroatoms. The van der Waals surface area contributed by atoms with Gasteiger partial charge in [-0.15, -0.1) is 0 Å². The van der Waals surface area contributed by atoms with Crippen LogP contribution in [0.1, 0.15) is 25.0 Å². The Labute approximate surface area is 85.8 Å². The lowest BCUT2D eigenvalue weighted by Crippen LogP contribution is -1.76. The van der Waals surface area contributed by atoms with E-state index in [2.05, 4.69) is 9.69 Å². The second kappa shape index (κ2) is 5.78. The smallest absolute Gasteiger partial charge is 0.197 e. The van der Waals surface area contributed by atoms with Gasteiger partial charge in [0, 0.05) is 0 Å². The maximum atomic E-state index is 6.91. The molecule has 0 saturated heterocycles. The van der Waals surface area contributed by atoms with E-state index in [4.69, 9.17) is 13.1 Å². The molecule has 0 aliphatic rings. The molecule has 0 aromatic heterocycles. The predicted octanol–water partition coefficient (Wildman–Crippen LogP) is 4.43. The molecular formula is C12H14N2. The average Bonchev–Trinajstić information content (AvgIpc) is 2.24. The summed E-state index contributed by atoms with van der Waals surface area (Å²) in [6.45, 7) is 21.5. The minimum Gasteiger partial charge on any atom is -0.250 e. The van der Waals surface area contributed by atoms with E-state index in [-0.39, 0.29) is 0 Å². The molecule has 14 heavy (non-hydrogen) atoms. The van der Waals surface area contributed by atoms with E-state index in [0.717, 1.165) is 11.1 Å².